The normalized spacial score (nSPS) is 19.7. The van der Waals surface area contributed by atoms with Gasteiger partial charge in [-0.05, 0) is 77.9 Å². The van der Waals surface area contributed by atoms with E-state index in [4.69, 9.17) is 21.1 Å². The van der Waals surface area contributed by atoms with Crippen molar-refractivity contribution < 1.29 is 42.4 Å². The molecular formula is C39H44ClF3N10O6. The number of hydrogen-bond acceptors (Lipinski definition) is 14. The first-order valence-corrected chi connectivity index (χ1v) is 19.0. The first-order chi connectivity index (χ1) is 27.7. The number of fused-ring (bicyclic) bond motifs is 2. The molecule has 314 valence electrons. The molecule has 7 rings (SSSR count). The maximum atomic E-state index is 12.9. The van der Waals surface area contributed by atoms with E-state index in [9.17, 15) is 33.0 Å². The van der Waals surface area contributed by atoms with Gasteiger partial charge < -0.3 is 40.1 Å². The van der Waals surface area contributed by atoms with Crippen molar-refractivity contribution in [3.8, 4) is 11.3 Å². The Hall–Kier alpha value is -5.66. The number of alkyl halides is 3. The highest BCUT2D eigenvalue weighted by Crippen LogP contribution is 2.34. The van der Waals surface area contributed by atoms with Crippen molar-refractivity contribution in [2.75, 3.05) is 36.8 Å². The number of likely N-dealkylation sites (tertiary alicyclic amines) is 2. The second-order valence-corrected chi connectivity index (χ2v) is 16.4. The SMILES string of the molecule is CC(C)(C)OC(=O)N1C[C@H](O)[C@H](Nc2nnc(-c3ccc(C(F)(F)F)cc3)c3cccnc23)C1.CC(C)(C)OC(=O)N1C[C@H](O)[C@H](Nc2nnc(Cl)c3cccnc23)C1. The maximum Gasteiger partial charge on any atom is 0.416 e. The van der Waals surface area contributed by atoms with Crippen LogP contribution in [0.5, 0.6) is 0 Å². The number of nitrogens with zero attached hydrogens (tertiary/aromatic N) is 8. The lowest BCUT2D eigenvalue weighted by Crippen LogP contribution is -2.36. The van der Waals surface area contributed by atoms with E-state index in [1.54, 1.807) is 78.2 Å². The third kappa shape index (κ3) is 10.5. The van der Waals surface area contributed by atoms with Crippen molar-refractivity contribution in [1.29, 1.82) is 0 Å². The van der Waals surface area contributed by atoms with E-state index in [0.717, 1.165) is 12.1 Å². The van der Waals surface area contributed by atoms with Crippen LogP contribution in [0.3, 0.4) is 0 Å². The van der Waals surface area contributed by atoms with Gasteiger partial charge in [0.15, 0.2) is 16.8 Å². The van der Waals surface area contributed by atoms with Gasteiger partial charge in [-0.25, -0.2) is 9.59 Å². The molecule has 0 spiro atoms. The fourth-order valence-corrected chi connectivity index (χ4v) is 6.52. The van der Waals surface area contributed by atoms with Gasteiger partial charge in [-0.1, -0.05) is 23.7 Å². The van der Waals surface area contributed by atoms with Crippen LogP contribution < -0.4 is 10.6 Å². The van der Waals surface area contributed by atoms with Crippen LogP contribution in [0.2, 0.25) is 5.15 Å². The lowest BCUT2D eigenvalue weighted by atomic mass is 10.0. The summed E-state index contributed by atoms with van der Waals surface area (Å²) in [6, 6.07) is 10.7. The average molecular weight is 841 g/mol. The number of amides is 2. The van der Waals surface area contributed by atoms with Crippen LogP contribution in [0.15, 0.2) is 60.9 Å². The molecule has 6 heterocycles. The Kier molecular flexibility index (Phi) is 12.3. The number of aromatic nitrogens is 6. The molecule has 0 saturated carbocycles. The van der Waals surface area contributed by atoms with Crippen LogP contribution in [-0.2, 0) is 15.7 Å². The van der Waals surface area contributed by atoms with Crippen molar-refractivity contribution >= 4 is 57.2 Å². The number of nitrogens with one attached hydrogen (secondary N) is 2. The van der Waals surface area contributed by atoms with Crippen molar-refractivity contribution in [1.82, 2.24) is 40.2 Å². The Morgan fingerprint density at radius 1 is 0.695 bits per heavy atom. The number of carbonyl (C=O) groups excluding carboxylic acids is 2. The zero-order valence-corrected chi connectivity index (χ0v) is 33.8. The molecule has 2 amide bonds. The fourth-order valence-electron chi connectivity index (χ4n) is 6.33. The number of hydrogen-bond donors (Lipinski definition) is 4. The molecule has 4 aromatic heterocycles. The van der Waals surface area contributed by atoms with Gasteiger partial charge in [0, 0.05) is 41.8 Å². The summed E-state index contributed by atoms with van der Waals surface area (Å²) in [5.74, 6) is 0.705. The minimum Gasteiger partial charge on any atom is -0.444 e. The van der Waals surface area contributed by atoms with Crippen LogP contribution in [0, 0.1) is 0 Å². The zero-order chi connectivity index (χ0) is 42.9. The minimum atomic E-state index is -4.43. The minimum absolute atomic E-state index is 0.0923. The summed E-state index contributed by atoms with van der Waals surface area (Å²) >= 11 is 6.04. The zero-order valence-electron chi connectivity index (χ0n) is 33.0. The fraction of sp³-hybridized carbons (Fsp3) is 0.436. The van der Waals surface area contributed by atoms with Crippen molar-refractivity contribution in [2.24, 2.45) is 0 Å². The molecule has 0 radical (unpaired) electrons. The van der Waals surface area contributed by atoms with E-state index in [-0.39, 0.29) is 31.3 Å². The molecule has 0 bridgehead atoms. The van der Waals surface area contributed by atoms with Crippen molar-refractivity contribution in [3.05, 3.63) is 71.6 Å². The van der Waals surface area contributed by atoms with Gasteiger partial charge in [0.1, 0.15) is 27.9 Å². The molecule has 5 aromatic rings. The highest BCUT2D eigenvalue weighted by atomic mass is 35.5. The Morgan fingerprint density at radius 2 is 1.15 bits per heavy atom. The lowest BCUT2D eigenvalue weighted by Gasteiger charge is -2.24. The van der Waals surface area contributed by atoms with Crippen LogP contribution in [0.4, 0.5) is 34.4 Å². The summed E-state index contributed by atoms with van der Waals surface area (Å²) in [5.41, 5.74) is -0.162. The number of pyridine rings is 2. The number of ether oxygens (including phenoxy) is 2. The Labute approximate surface area is 342 Å². The maximum absolute atomic E-state index is 12.9. The standard InChI is InChI=1S/C23H24F3N5O3.C16H20ClN5O3/c1-22(2,3)34-21(33)31-11-16(17(32)12-31)28-20-19-15(5-4-10-27-19)18(29-30-20)13-6-8-14(9-7-13)23(24,25)26;1-16(2,3)25-15(24)22-7-10(11(23)8-22)19-14-12-9(5-4-6-18-12)13(17)20-21-14/h4-10,16-17,32H,11-12H2,1-3H3,(H,28,30);4-6,10-11,23H,7-8H2,1-3H3,(H,19,21)/t16-,17+;10-,11+/m11/s1. The van der Waals surface area contributed by atoms with E-state index in [1.807, 2.05) is 0 Å². The van der Waals surface area contributed by atoms with Crippen LogP contribution in [0.25, 0.3) is 33.1 Å². The molecule has 16 nitrogen and oxygen atoms in total. The molecule has 4 atom stereocenters. The molecule has 2 aliphatic rings. The molecule has 2 saturated heterocycles. The first kappa shape index (κ1) is 42.9. The molecule has 0 aliphatic carbocycles. The lowest BCUT2D eigenvalue weighted by molar-refractivity contribution is -0.137. The summed E-state index contributed by atoms with van der Waals surface area (Å²) < 4.78 is 49.5. The summed E-state index contributed by atoms with van der Waals surface area (Å²) in [7, 11) is 0. The van der Waals surface area contributed by atoms with Gasteiger partial charge in [0.05, 0.1) is 42.9 Å². The van der Waals surface area contributed by atoms with Crippen LogP contribution in [-0.4, -0.2) is 124 Å². The molecule has 59 heavy (non-hydrogen) atoms. The third-order valence-electron chi connectivity index (χ3n) is 9.04. The van der Waals surface area contributed by atoms with Gasteiger partial charge in [0.2, 0.25) is 0 Å². The van der Waals surface area contributed by atoms with E-state index < -0.39 is 59.4 Å². The van der Waals surface area contributed by atoms with Gasteiger partial charge in [0.25, 0.3) is 0 Å². The summed E-state index contributed by atoms with van der Waals surface area (Å²) in [6.07, 6.45) is -3.86. The van der Waals surface area contributed by atoms with Crippen LogP contribution >= 0.6 is 11.6 Å². The number of rotatable bonds is 5. The smallest absolute Gasteiger partial charge is 0.416 e. The number of β-amino-alcohol motifs (C(OH)–C–C–N with tert-alkyl or cyclic N) is 2. The molecule has 2 aliphatic heterocycles. The molecular weight excluding hydrogens is 797 g/mol. The molecule has 2 fully saturated rings. The summed E-state index contributed by atoms with van der Waals surface area (Å²) in [6.45, 7) is 11.4. The molecule has 4 N–H and O–H groups in total. The van der Waals surface area contributed by atoms with E-state index in [1.165, 1.54) is 21.9 Å². The number of halogens is 4. The predicted octanol–water partition coefficient (Wildman–Crippen LogP) is 6.17. The quantitative estimate of drug-likeness (QED) is 0.157. The molecule has 0 unspecified atom stereocenters. The average Bonchev–Trinajstić information content (AvgIpc) is 3.72. The molecule has 1 aromatic carbocycles. The number of aliphatic hydroxyl groups is 2. The highest BCUT2D eigenvalue weighted by Gasteiger charge is 2.38. The summed E-state index contributed by atoms with van der Waals surface area (Å²) in [5, 5.41) is 44.8. The largest absolute Gasteiger partial charge is 0.444 e. The first-order valence-electron chi connectivity index (χ1n) is 18.6. The predicted molar refractivity (Wildman–Crippen MR) is 213 cm³/mol. The van der Waals surface area contributed by atoms with E-state index in [2.05, 4.69) is 41.0 Å². The van der Waals surface area contributed by atoms with Crippen molar-refractivity contribution in [2.45, 2.75) is 83.2 Å². The number of anilines is 2. The second kappa shape index (κ2) is 16.9. The Morgan fingerprint density at radius 3 is 1.63 bits per heavy atom. The van der Waals surface area contributed by atoms with E-state index in [0.29, 0.717) is 44.7 Å². The summed E-state index contributed by atoms with van der Waals surface area (Å²) in [4.78, 5) is 36.0. The highest BCUT2D eigenvalue weighted by molar-refractivity contribution is 6.34. The Balaban J connectivity index is 0.000000208. The number of benzene rings is 1. The van der Waals surface area contributed by atoms with Gasteiger partial charge >= 0.3 is 18.4 Å². The van der Waals surface area contributed by atoms with Crippen LogP contribution in [0.1, 0.15) is 47.1 Å². The van der Waals surface area contributed by atoms with Gasteiger partial charge in [-0.3, -0.25) is 9.97 Å². The monoisotopic (exact) mass is 840 g/mol. The van der Waals surface area contributed by atoms with Crippen molar-refractivity contribution in [3.63, 3.8) is 0 Å². The van der Waals surface area contributed by atoms with Gasteiger partial charge in [-0.2, -0.15) is 13.2 Å². The number of aliphatic hydroxyl groups excluding tert-OH is 2. The van der Waals surface area contributed by atoms with E-state index >= 15 is 0 Å². The Bertz CT molecular complexity index is 2310. The topological polar surface area (TPSA) is 201 Å². The third-order valence-corrected chi connectivity index (χ3v) is 9.32. The second-order valence-electron chi connectivity index (χ2n) is 16.0. The molecule has 20 heteroatoms. The van der Waals surface area contributed by atoms with Gasteiger partial charge in [-0.15, -0.1) is 20.4 Å². The number of carbonyl (C=O) groups is 2.